The summed E-state index contributed by atoms with van der Waals surface area (Å²) in [6.45, 7) is 1.08. The van der Waals surface area contributed by atoms with Crippen LogP contribution in [0.15, 0.2) is 18.2 Å². The summed E-state index contributed by atoms with van der Waals surface area (Å²) in [7, 11) is -0.110. The Hall–Kier alpha value is -1.11. The highest BCUT2D eigenvalue weighted by molar-refractivity contribution is 6.59. The highest BCUT2D eigenvalue weighted by Gasteiger charge is 2.17. The fraction of sp³-hybridized carbons (Fsp3) is 0.455. The molecule has 17 heavy (non-hydrogen) atoms. The number of unbranched alkanes of at least 4 members (excludes halogenated alkanes) is 1. The molecule has 0 atom stereocenters. The van der Waals surface area contributed by atoms with E-state index < -0.39 is 12.9 Å². The third-order valence-corrected chi connectivity index (χ3v) is 2.25. The molecule has 2 N–H and O–H groups in total. The lowest BCUT2D eigenvalue weighted by Crippen LogP contribution is -2.32. The van der Waals surface area contributed by atoms with Crippen molar-refractivity contribution in [2.24, 2.45) is 0 Å². The lowest BCUT2D eigenvalue weighted by Gasteiger charge is -2.11. The zero-order valence-electron chi connectivity index (χ0n) is 9.73. The Labute approximate surface area is 100 Å². The maximum atomic E-state index is 12.9. The molecule has 0 radical (unpaired) electrons. The Balaban J connectivity index is 2.52. The second-order valence-corrected chi connectivity index (χ2v) is 3.60. The van der Waals surface area contributed by atoms with E-state index in [9.17, 15) is 4.39 Å². The smallest absolute Gasteiger partial charge is 0.492 e. The van der Waals surface area contributed by atoms with E-state index in [1.54, 1.807) is 7.11 Å². The molecule has 1 aromatic carbocycles. The van der Waals surface area contributed by atoms with Gasteiger partial charge in [0, 0.05) is 19.2 Å². The van der Waals surface area contributed by atoms with Gasteiger partial charge in [-0.15, -0.1) is 0 Å². The van der Waals surface area contributed by atoms with Gasteiger partial charge in [-0.2, -0.15) is 0 Å². The molecule has 0 spiro atoms. The molecule has 0 unspecified atom stereocenters. The minimum atomic E-state index is -1.74. The van der Waals surface area contributed by atoms with E-state index in [4.69, 9.17) is 19.5 Å². The lowest BCUT2D eigenvalue weighted by atomic mass is 9.79. The van der Waals surface area contributed by atoms with Gasteiger partial charge in [0.05, 0.1) is 6.61 Å². The maximum absolute atomic E-state index is 12.9. The van der Waals surface area contributed by atoms with Crippen LogP contribution in [0.4, 0.5) is 4.39 Å². The molecule has 94 valence electrons. The minimum Gasteiger partial charge on any atom is -0.494 e. The third kappa shape index (κ3) is 4.72. The summed E-state index contributed by atoms with van der Waals surface area (Å²) in [4.78, 5) is 0. The van der Waals surface area contributed by atoms with Crippen molar-refractivity contribution in [1.82, 2.24) is 0 Å². The summed E-state index contributed by atoms with van der Waals surface area (Å²) in [6.07, 6.45) is 1.64. The maximum Gasteiger partial charge on any atom is 0.492 e. The van der Waals surface area contributed by atoms with Crippen molar-refractivity contribution in [1.29, 1.82) is 0 Å². The average Bonchev–Trinajstić information content (AvgIpc) is 2.30. The van der Waals surface area contributed by atoms with Crippen LogP contribution in [0.1, 0.15) is 12.8 Å². The van der Waals surface area contributed by atoms with E-state index in [1.165, 1.54) is 12.1 Å². The molecule has 4 nitrogen and oxygen atoms in total. The highest BCUT2D eigenvalue weighted by atomic mass is 19.1. The van der Waals surface area contributed by atoms with Crippen molar-refractivity contribution in [3.8, 4) is 5.75 Å². The second kappa shape index (κ2) is 7.27. The lowest BCUT2D eigenvalue weighted by molar-refractivity contribution is 0.184. The summed E-state index contributed by atoms with van der Waals surface area (Å²) in [5.41, 5.74) is 0.0386. The highest BCUT2D eigenvalue weighted by Crippen LogP contribution is 2.10. The number of hydrogen-bond acceptors (Lipinski definition) is 4. The quantitative estimate of drug-likeness (QED) is 0.533. The molecule has 0 saturated heterocycles. The van der Waals surface area contributed by atoms with Crippen LogP contribution in [0.25, 0.3) is 0 Å². The van der Waals surface area contributed by atoms with Gasteiger partial charge in [0.2, 0.25) is 0 Å². The first-order valence-electron chi connectivity index (χ1n) is 5.42. The number of rotatable bonds is 7. The van der Waals surface area contributed by atoms with Gasteiger partial charge in [-0.3, -0.25) is 0 Å². The summed E-state index contributed by atoms with van der Waals surface area (Å²) in [5.74, 6) is -0.237. The molecular weight excluding hydrogens is 226 g/mol. The van der Waals surface area contributed by atoms with Gasteiger partial charge in [0.1, 0.15) is 11.6 Å². The average molecular weight is 242 g/mol. The number of halogens is 1. The van der Waals surface area contributed by atoms with Crippen LogP contribution in [0, 0.1) is 5.82 Å². The molecule has 0 amide bonds. The molecule has 0 fully saturated rings. The molecule has 0 aliphatic carbocycles. The fourth-order valence-electron chi connectivity index (χ4n) is 1.38. The number of methoxy groups -OCH3 is 1. The van der Waals surface area contributed by atoms with E-state index in [2.05, 4.69) is 0 Å². The van der Waals surface area contributed by atoms with Crippen LogP contribution in [0.5, 0.6) is 5.75 Å². The SMILES string of the molecule is COCCCCOc1ccc(F)cc1B(O)O. The van der Waals surface area contributed by atoms with Crippen LogP contribution in [0.2, 0.25) is 0 Å². The Morgan fingerprint density at radius 2 is 1.94 bits per heavy atom. The Morgan fingerprint density at radius 1 is 1.24 bits per heavy atom. The van der Waals surface area contributed by atoms with E-state index in [0.717, 1.165) is 18.9 Å². The summed E-state index contributed by atoms with van der Waals surface area (Å²) < 4.78 is 23.1. The first-order chi connectivity index (χ1) is 8.15. The fourth-order valence-corrected chi connectivity index (χ4v) is 1.38. The monoisotopic (exact) mass is 242 g/mol. The van der Waals surface area contributed by atoms with Crippen LogP contribution in [-0.4, -0.2) is 37.5 Å². The van der Waals surface area contributed by atoms with Gasteiger partial charge < -0.3 is 19.5 Å². The zero-order valence-corrected chi connectivity index (χ0v) is 9.73. The third-order valence-electron chi connectivity index (χ3n) is 2.25. The first-order valence-corrected chi connectivity index (χ1v) is 5.42. The Morgan fingerprint density at radius 3 is 2.59 bits per heavy atom. The molecule has 6 heteroatoms. The van der Waals surface area contributed by atoms with Gasteiger partial charge in [-0.1, -0.05) is 0 Å². The van der Waals surface area contributed by atoms with Gasteiger partial charge in [0.15, 0.2) is 0 Å². The molecule has 1 rings (SSSR count). The van der Waals surface area contributed by atoms with Gasteiger partial charge >= 0.3 is 7.12 Å². The van der Waals surface area contributed by atoms with E-state index >= 15 is 0 Å². The van der Waals surface area contributed by atoms with Crippen molar-refractivity contribution >= 4 is 12.6 Å². The standard InChI is InChI=1S/C11H16BFO4/c1-16-6-2-3-7-17-11-5-4-9(13)8-10(11)12(14)15/h4-5,8,14-15H,2-3,6-7H2,1H3. The van der Waals surface area contributed by atoms with Crippen LogP contribution >= 0.6 is 0 Å². The first kappa shape index (κ1) is 14.0. The molecule has 0 saturated carbocycles. The minimum absolute atomic E-state index is 0.0386. The largest absolute Gasteiger partial charge is 0.494 e. The van der Waals surface area contributed by atoms with Crippen LogP contribution in [0.3, 0.4) is 0 Å². The van der Waals surface area contributed by atoms with Crippen LogP contribution in [-0.2, 0) is 4.74 Å². The van der Waals surface area contributed by atoms with E-state index in [-0.39, 0.29) is 5.46 Å². The van der Waals surface area contributed by atoms with Crippen molar-refractivity contribution in [3.05, 3.63) is 24.0 Å². The number of ether oxygens (including phenoxy) is 2. The molecule has 0 bridgehead atoms. The summed E-state index contributed by atoms with van der Waals surface area (Å²) in [6, 6.07) is 3.66. The molecule has 0 aromatic heterocycles. The second-order valence-electron chi connectivity index (χ2n) is 3.60. The van der Waals surface area contributed by atoms with Crippen molar-refractivity contribution in [2.75, 3.05) is 20.3 Å². The predicted octanol–water partition coefficient (Wildman–Crippen LogP) is 0.311. The molecular formula is C11H16BFO4. The Bertz CT molecular complexity index is 346. The molecule has 0 heterocycles. The van der Waals surface area contributed by atoms with Gasteiger partial charge in [0.25, 0.3) is 0 Å². The summed E-state index contributed by atoms with van der Waals surface area (Å²) >= 11 is 0. The summed E-state index contributed by atoms with van der Waals surface area (Å²) in [5, 5.41) is 18.1. The number of benzene rings is 1. The molecule has 1 aromatic rings. The van der Waals surface area contributed by atoms with Crippen LogP contribution < -0.4 is 10.2 Å². The predicted molar refractivity (Wildman–Crippen MR) is 62.8 cm³/mol. The topological polar surface area (TPSA) is 58.9 Å². The van der Waals surface area contributed by atoms with E-state index in [1.807, 2.05) is 0 Å². The number of hydrogen-bond donors (Lipinski definition) is 2. The Kier molecular flexibility index (Phi) is 5.97. The van der Waals surface area contributed by atoms with Gasteiger partial charge in [-0.05, 0) is 31.0 Å². The van der Waals surface area contributed by atoms with Gasteiger partial charge in [-0.25, -0.2) is 4.39 Å². The van der Waals surface area contributed by atoms with Crippen molar-refractivity contribution < 1.29 is 23.9 Å². The zero-order chi connectivity index (χ0) is 12.7. The molecule has 0 aliphatic rings. The normalized spacial score (nSPS) is 10.4. The van der Waals surface area contributed by atoms with Crippen molar-refractivity contribution in [2.45, 2.75) is 12.8 Å². The van der Waals surface area contributed by atoms with Crippen molar-refractivity contribution in [3.63, 3.8) is 0 Å². The molecule has 0 aliphatic heterocycles. The van der Waals surface area contributed by atoms with E-state index in [0.29, 0.717) is 19.0 Å².